The zero-order valence-corrected chi connectivity index (χ0v) is 17.4. The highest BCUT2D eigenvalue weighted by molar-refractivity contribution is 6.31. The summed E-state index contributed by atoms with van der Waals surface area (Å²) >= 11 is 6.47. The lowest BCUT2D eigenvalue weighted by Gasteiger charge is -2.36. The minimum Gasteiger partial charge on any atom is -0.463 e. The second-order valence-electron chi connectivity index (χ2n) is 7.26. The number of hydrogen-bond acceptors (Lipinski definition) is 4. The average Bonchev–Trinajstić information content (AvgIpc) is 2.59. The summed E-state index contributed by atoms with van der Waals surface area (Å²) in [5.41, 5.74) is 2.75. The molecule has 0 aromatic heterocycles. The van der Waals surface area contributed by atoms with Crippen LogP contribution in [0.2, 0.25) is 5.02 Å². The molecule has 5 heteroatoms. The average molecular weight is 390 g/mol. The molecule has 4 nitrogen and oxygen atoms in total. The summed E-state index contributed by atoms with van der Waals surface area (Å²) in [7, 11) is 0. The number of ketones is 1. The third-order valence-corrected chi connectivity index (χ3v) is 5.04. The Morgan fingerprint density at radius 2 is 1.96 bits per heavy atom. The van der Waals surface area contributed by atoms with Crippen molar-refractivity contribution in [2.45, 2.75) is 47.0 Å². The molecule has 0 amide bonds. The zero-order valence-electron chi connectivity index (χ0n) is 16.6. The van der Waals surface area contributed by atoms with Gasteiger partial charge in [-0.2, -0.15) is 0 Å². The number of esters is 1. The normalized spacial score (nSPS) is 21.4. The van der Waals surface area contributed by atoms with Gasteiger partial charge in [-0.15, -0.1) is 0 Å². The van der Waals surface area contributed by atoms with E-state index in [1.54, 1.807) is 19.9 Å². The van der Waals surface area contributed by atoms with Crippen molar-refractivity contribution in [2.75, 3.05) is 6.61 Å². The molecule has 2 rings (SSSR count). The lowest BCUT2D eigenvalue weighted by molar-refractivity contribution is -0.139. The van der Waals surface area contributed by atoms with Crippen molar-refractivity contribution < 1.29 is 14.3 Å². The molecule has 146 valence electrons. The van der Waals surface area contributed by atoms with E-state index in [1.165, 1.54) is 0 Å². The Hall–Kier alpha value is -2.07. The molecular weight excluding hydrogens is 362 g/mol. The Morgan fingerprint density at radius 1 is 1.30 bits per heavy atom. The Labute approximate surface area is 166 Å². The summed E-state index contributed by atoms with van der Waals surface area (Å²) in [5, 5.41) is 3.82. The van der Waals surface area contributed by atoms with Crippen LogP contribution in [0.5, 0.6) is 0 Å². The summed E-state index contributed by atoms with van der Waals surface area (Å²) in [6, 6.07) is 7.37. The lowest BCUT2D eigenvalue weighted by atomic mass is 9.73. The highest BCUT2D eigenvalue weighted by atomic mass is 35.5. The van der Waals surface area contributed by atoms with Gasteiger partial charge in [-0.3, -0.25) is 4.79 Å². The van der Waals surface area contributed by atoms with E-state index in [0.29, 0.717) is 22.2 Å². The molecular formula is C22H28ClNO3. The Kier molecular flexibility index (Phi) is 7.25. The smallest absolute Gasteiger partial charge is 0.336 e. The van der Waals surface area contributed by atoms with Crippen LogP contribution >= 0.6 is 11.6 Å². The van der Waals surface area contributed by atoms with E-state index in [4.69, 9.17) is 16.3 Å². The van der Waals surface area contributed by atoms with E-state index in [2.05, 4.69) is 25.2 Å². The summed E-state index contributed by atoms with van der Waals surface area (Å²) in [6.07, 6.45) is 2.90. The van der Waals surface area contributed by atoms with E-state index < -0.39 is 17.8 Å². The zero-order chi connectivity index (χ0) is 20.1. The molecule has 0 aliphatic carbocycles. The van der Waals surface area contributed by atoms with E-state index in [9.17, 15) is 9.59 Å². The Bertz CT molecular complexity index is 780. The van der Waals surface area contributed by atoms with Crippen LogP contribution in [0.4, 0.5) is 0 Å². The number of carbonyl (C=O) groups excluding carboxylic acids is 2. The first kappa shape index (κ1) is 21.2. The second kappa shape index (κ2) is 9.23. The van der Waals surface area contributed by atoms with Crippen LogP contribution in [0.25, 0.3) is 0 Å². The third kappa shape index (κ3) is 4.81. The SMILES string of the molecule is CCOC(=O)C1=C(C)N/C(=C\CC(C)C)[C@H](C(C)=O)[C@H]1c1ccccc1Cl. The molecule has 0 saturated carbocycles. The van der Waals surface area contributed by atoms with Gasteiger partial charge in [0, 0.05) is 22.3 Å². The number of rotatable bonds is 6. The van der Waals surface area contributed by atoms with Crippen LogP contribution in [0, 0.1) is 11.8 Å². The standard InChI is InChI=1S/C22H28ClNO3/c1-6-27-22(26)19-14(4)24-18(12-11-13(2)3)20(15(5)25)21(19)16-9-7-8-10-17(16)23/h7-10,12-13,20-21,24H,6,11H2,1-5H3/b18-12-/t20-,21-/m0/s1. The summed E-state index contributed by atoms with van der Waals surface area (Å²) in [5.74, 6) is -0.957. The van der Waals surface area contributed by atoms with Gasteiger partial charge in [0.1, 0.15) is 5.78 Å². The highest BCUT2D eigenvalue weighted by Crippen LogP contribution is 2.44. The van der Waals surface area contributed by atoms with Crippen molar-refractivity contribution in [3.63, 3.8) is 0 Å². The van der Waals surface area contributed by atoms with Gasteiger partial charge in [0.05, 0.1) is 18.1 Å². The topological polar surface area (TPSA) is 55.4 Å². The van der Waals surface area contributed by atoms with Crippen LogP contribution in [0.3, 0.4) is 0 Å². The third-order valence-electron chi connectivity index (χ3n) is 4.70. The van der Waals surface area contributed by atoms with E-state index in [1.807, 2.05) is 25.1 Å². The number of nitrogens with one attached hydrogen (secondary N) is 1. The summed E-state index contributed by atoms with van der Waals surface area (Å²) in [6.45, 7) is 9.69. The monoisotopic (exact) mass is 389 g/mol. The molecule has 0 spiro atoms. The van der Waals surface area contributed by atoms with Crippen molar-refractivity contribution in [3.8, 4) is 0 Å². The molecule has 1 aliphatic rings. The minimum absolute atomic E-state index is 0.0169. The van der Waals surface area contributed by atoms with Crippen molar-refractivity contribution in [3.05, 3.63) is 57.9 Å². The van der Waals surface area contributed by atoms with Crippen LogP contribution < -0.4 is 5.32 Å². The molecule has 0 bridgehead atoms. The second-order valence-corrected chi connectivity index (χ2v) is 7.67. The van der Waals surface area contributed by atoms with Crippen molar-refractivity contribution in [1.29, 1.82) is 0 Å². The molecule has 1 heterocycles. The fraction of sp³-hybridized carbons (Fsp3) is 0.455. The molecule has 2 atom stereocenters. The molecule has 27 heavy (non-hydrogen) atoms. The van der Waals surface area contributed by atoms with Crippen molar-refractivity contribution in [2.24, 2.45) is 11.8 Å². The van der Waals surface area contributed by atoms with Crippen molar-refractivity contribution >= 4 is 23.4 Å². The number of carbonyl (C=O) groups is 2. The number of ether oxygens (including phenoxy) is 1. The molecule has 1 N–H and O–H groups in total. The lowest BCUT2D eigenvalue weighted by Crippen LogP contribution is -2.39. The first-order chi connectivity index (χ1) is 12.8. The quantitative estimate of drug-likeness (QED) is 0.695. The first-order valence-electron chi connectivity index (χ1n) is 9.37. The predicted molar refractivity (Wildman–Crippen MR) is 108 cm³/mol. The maximum atomic E-state index is 12.8. The molecule has 0 fully saturated rings. The van der Waals surface area contributed by atoms with Gasteiger partial charge < -0.3 is 10.1 Å². The molecule has 0 radical (unpaired) electrons. The maximum absolute atomic E-state index is 12.8. The molecule has 1 aromatic carbocycles. The van der Waals surface area contributed by atoms with Crippen molar-refractivity contribution in [1.82, 2.24) is 5.32 Å². The number of halogens is 1. The Balaban J connectivity index is 2.69. The van der Waals surface area contributed by atoms with Crippen LogP contribution in [0.15, 0.2) is 47.3 Å². The van der Waals surface area contributed by atoms with E-state index in [0.717, 1.165) is 17.7 Å². The number of benzene rings is 1. The largest absolute Gasteiger partial charge is 0.463 e. The summed E-state index contributed by atoms with van der Waals surface area (Å²) < 4.78 is 5.29. The maximum Gasteiger partial charge on any atom is 0.336 e. The van der Waals surface area contributed by atoms with Gasteiger partial charge in [-0.1, -0.05) is 49.7 Å². The van der Waals surface area contributed by atoms with Gasteiger partial charge in [-0.05, 0) is 44.7 Å². The fourth-order valence-corrected chi connectivity index (χ4v) is 3.74. The summed E-state index contributed by atoms with van der Waals surface area (Å²) in [4.78, 5) is 25.4. The fourth-order valence-electron chi connectivity index (χ4n) is 3.49. The number of allylic oxidation sites excluding steroid dienone is 3. The van der Waals surface area contributed by atoms with Gasteiger partial charge in [0.15, 0.2) is 0 Å². The number of Topliss-reactive ketones (excluding diaryl/α,β-unsaturated/α-hetero) is 1. The van der Waals surface area contributed by atoms with Gasteiger partial charge in [0.2, 0.25) is 0 Å². The van der Waals surface area contributed by atoms with E-state index >= 15 is 0 Å². The molecule has 1 aromatic rings. The highest BCUT2D eigenvalue weighted by Gasteiger charge is 2.41. The van der Waals surface area contributed by atoms with Crippen LogP contribution in [0.1, 0.15) is 52.5 Å². The van der Waals surface area contributed by atoms with Gasteiger partial charge in [-0.25, -0.2) is 4.79 Å². The Morgan fingerprint density at radius 3 is 2.52 bits per heavy atom. The molecule has 0 saturated heterocycles. The predicted octanol–water partition coefficient (Wildman–Crippen LogP) is 5.00. The van der Waals surface area contributed by atoms with Crippen LogP contribution in [-0.2, 0) is 14.3 Å². The number of hydrogen-bond donors (Lipinski definition) is 1. The van der Waals surface area contributed by atoms with Crippen LogP contribution in [-0.4, -0.2) is 18.4 Å². The first-order valence-corrected chi connectivity index (χ1v) is 9.75. The van der Waals surface area contributed by atoms with E-state index in [-0.39, 0.29) is 12.4 Å². The minimum atomic E-state index is -0.508. The van der Waals surface area contributed by atoms with Gasteiger partial charge in [0.25, 0.3) is 0 Å². The molecule has 0 unspecified atom stereocenters. The van der Waals surface area contributed by atoms with Gasteiger partial charge >= 0.3 is 5.97 Å². The molecule has 1 aliphatic heterocycles.